The highest BCUT2D eigenvalue weighted by molar-refractivity contribution is 5.92. The van der Waals surface area contributed by atoms with Crippen LogP contribution in [0.25, 0.3) is 0 Å². The van der Waals surface area contributed by atoms with E-state index in [4.69, 9.17) is 14.2 Å². The zero-order chi connectivity index (χ0) is 22.2. The molecule has 3 rings (SSSR count). The Morgan fingerprint density at radius 1 is 1.32 bits per heavy atom. The van der Waals surface area contributed by atoms with Crippen molar-refractivity contribution in [2.45, 2.75) is 45.5 Å². The van der Waals surface area contributed by atoms with Crippen LogP contribution in [0.4, 0.5) is 0 Å². The highest BCUT2D eigenvalue weighted by Gasteiger charge is 2.22. The highest BCUT2D eigenvalue weighted by Crippen LogP contribution is 2.21. The summed E-state index contributed by atoms with van der Waals surface area (Å²) < 4.78 is 17.2. The molecule has 0 bridgehead atoms. The Balaban J connectivity index is 1.68. The van der Waals surface area contributed by atoms with Crippen LogP contribution in [-0.2, 0) is 35.6 Å². The van der Waals surface area contributed by atoms with Crippen LogP contribution in [0.5, 0.6) is 5.75 Å². The van der Waals surface area contributed by atoms with Gasteiger partial charge in [-0.2, -0.15) is 5.10 Å². The molecular weight excluding hydrogens is 400 g/mol. The van der Waals surface area contributed by atoms with Crippen LogP contribution in [0.3, 0.4) is 0 Å². The first-order chi connectivity index (χ1) is 15.1. The smallest absolute Gasteiger partial charge is 0.341 e. The minimum atomic E-state index is -0.439. The van der Waals surface area contributed by atoms with Crippen molar-refractivity contribution in [2.24, 2.45) is 4.99 Å². The van der Waals surface area contributed by atoms with E-state index in [1.807, 2.05) is 17.7 Å². The number of guanidine groups is 1. The SMILES string of the molecule is CCNC(=NCc1ccc(OC)c(C(=O)OC)c1)NC1CCc2nc(COC)nn2C1. The summed E-state index contributed by atoms with van der Waals surface area (Å²) in [6, 6.07) is 5.57. The summed E-state index contributed by atoms with van der Waals surface area (Å²) in [5, 5.41) is 11.3. The average molecular weight is 431 g/mol. The van der Waals surface area contributed by atoms with Gasteiger partial charge in [0.05, 0.1) is 27.3 Å². The van der Waals surface area contributed by atoms with Crippen LogP contribution in [-0.4, -0.2) is 60.6 Å². The van der Waals surface area contributed by atoms with Gasteiger partial charge in [0.25, 0.3) is 0 Å². The molecule has 0 aliphatic carbocycles. The summed E-state index contributed by atoms with van der Waals surface area (Å²) in [6.45, 7) is 4.29. The van der Waals surface area contributed by atoms with Gasteiger partial charge in [0.1, 0.15) is 23.7 Å². The van der Waals surface area contributed by atoms with Crippen LogP contribution >= 0.6 is 0 Å². The Morgan fingerprint density at radius 3 is 2.87 bits per heavy atom. The van der Waals surface area contributed by atoms with E-state index in [2.05, 4.69) is 25.7 Å². The Hall–Kier alpha value is -3.14. The minimum Gasteiger partial charge on any atom is -0.496 e. The number of ether oxygens (including phenoxy) is 3. The number of aromatic nitrogens is 3. The van der Waals surface area contributed by atoms with Gasteiger partial charge in [-0.1, -0.05) is 6.07 Å². The third-order valence-electron chi connectivity index (χ3n) is 4.95. The maximum Gasteiger partial charge on any atom is 0.341 e. The van der Waals surface area contributed by atoms with Crippen molar-refractivity contribution >= 4 is 11.9 Å². The largest absolute Gasteiger partial charge is 0.496 e. The lowest BCUT2D eigenvalue weighted by atomic mass is 10.1. The monoisotopic (exact) mass is 430 g/mol. The molecule has 0 radical (unpaired) electrons. The number of carbonyl (C=O) groups excluding carboxylic acids is 1. The number of esters is 1. The van der Waals surface area contributed by atoms with Crippen LogP contribution in [0, 0.1) is 0 Å². The molecule has 0 amide bonds. The first-order valence-electron chi connectivity index (χ1n) is 10.3. The van der Waals surface area contributed by atoms with Crippen LogP contribution < -0.4 is 15.4 Å². The molecule has 0 fully saturated rings. The van der Waals surface area contributed by atoms with Gasteiger partial charge in [-0.05, 0) is 31.0 Å². The number of benzene rings is 1. The molecule has 2 heterocycles. The molecule has 1 unspecified atom stereocenters. The van der Waals surface area contributed by atoms with Crippen molar-refractivity contribution in [3.05, 3.63) is 41.0 Å². The van der Waals surface area contributed by atoms with Crippen molar-refractivity contribution in [2.75, 3.05) is 27.9 Å². The molecule has 1 aliphatic rings. The summed E-state index contributed by atoms with van der Waals surface area (Å²) in [5.41, 5.74) is 1.26. The third kappa shape index (κ3) is 5.72. The number of nitrogens with one attached hydrogen (secondary N) is 2. The molecule has 2 aromatic rings. The Labute approximate surface area is 182 Å². The number of hydrogen-bond acceptors (Lipinski definition) is 7. The Kier molecular flexibility index (Phi) is 7.82. The normalized spacial score (nSPS) is 15.9. The molecule has 1 aliphatic heterocycles. The number of methoxy groups -OCH3 is 3. The van der Waals surface area contributed by atoms with Crippen molar-refractivity contribution in [3.8, 4) is 5.75 Å². The van der Waals surface area contributed by atoms with Crippen LogP contribution in [0.1, 0.15) is 40.9 Å². The average Bonchev–Trinajstić information content (AvgIpc) is 3.18. The number of fused-ring (bicyclic) bond motifs is 1. The molecule has 1 atom stereocenters. The Morgan fingerprint density at radius 2 is 2.16 bits per heavy atom. The van der Waals surface area contributed by atoms with E-state index in [9.17, 15) is 4.79 Å². The predicted molar refractivity (Wildman–Crippen MR) is 115 cm³/mol. The maximum atomic E-state index is 12.0. The fraction of sp³-hybridized carbons (Fsp3) is 0.524. The second-order valence-electron chi connectivity index (χ2n) is 7.16. The maximum absolute atomic E-state index is 12.0. The standard InChI is InChI=1S/C21H30N6O4/c1-5-22-21(23-11-14-6-8-17(30-3)16(10-14)20(28)31-4)24-15-7-9-19-25-18(13-29-2)26-27(19)12-15/h6,8,10,15H,5,7,9,11-13H2,1-4H3,(H2,22,23,24). The van der Waals surface area contributed by atoms with Gasteiger partial charge < -0.3 is 24.8 Å². The quantitative estimate of drug-likeness (QED) is 0.366. The van der Waals surface area contributed by atoms with Gasteiger partial charge in [-0.15, -0.1) is 0 Å². The fourth-order valence-electron chi connectivity index (χ4n) is 3.48. The van der Waals surface area contributed by atoms with E-state index in [0.29, 0.717) is 42.8 Å². The molecule has 1 aromatic heterocycles. The fourth-order valence-corrected chi connectivity index (χ4v) is 3.48. The summed E-state index contributed by atoms with van der Waals surface area (Å²) in [6.07, 6.45) is 1.78. The molecule has 2 N–H and O–H groups in total. The summed E-state index contributed by atoms with van der Waals surface area (Å²) in [5.74, 6) is 2.44. The van der Waals surface area contributed by atoms with E-state index in [0.717, 1.165) is 30.8 Å². The summed E-state index contributed by atoms with van der Waals surface area (Å²) >= 11 is 0. The third-order valence-corrected chi connectivity index (χ3v) is 4.95. The van der Waals surface area contributed by atoms with Crippen molar-refractivity contribution in [3.63, 3.8) is 0 Å². The van der Waals surface area contributed by atoms with Gasteiger partial charge in [0, 0.05) is 26.1 Å². The number of rotatable bonds is 8. The number of nitrogens with zero attached hydrogens (tertiary/aromatic N) is 4. The van der Waals surface area contributed by atoms with E-state index >= 15 is 0 Å². The van der Waals surface area contributed by atoms with E-state index < -0.39 is 5.97 Å². The topological polar surface area (TPSA) is 112 Å². The van der Waals surface area contributed by atoms with Crippen molar-refractivity contribution < 1.29 is 19.0 Å². The lowest BCUT2D eigenvalue weighted by Crippen LogP contribution is -2.47. The van der Waals surface area contributed by atoms with Gasteiger partial charge in [-0.3, -0.25) is 0 Å². The van der Waals surface area contributed by atoms with Gasteiger partial charge in [-0.25, -0.2) is 19.5 Å². The molecule has 10 nitrogen and oxygen atoms in total. The first-order valence-corrected chi connectivity index (χ1v) is 10.3. The zero-order valence-electron chi connectivity index (χ0n) is 18.5. The first kappa shape index (κ1) is 22.5. The molecule has 1 aromatic carbocycles. The predicted octanol–water partition coefficient (Wildman–Crippen LogP) is 1.29. The number of hydrogen-bond donors (Lipinski definition) is 2. The Bertz CT molecular complexity index is 927. The van der Waals surface area contributed by atoms with Gasteiger partial charge >= 0.3 is 5.97 Å². The van der Waals surface area contributed by atoms with Crippen LogP contribution in [0.2, 0.25) is 0 Å². The molecule has 10 heteroatoms. The number of aryl methyl sites for hydroxylation is 1. The van der Waals surface area contributed by atoms with Gasteiger partial charge in [0.2, 0.25) is 0 Å². The molecule has 0 saturated heterocycles. The van der Waals surface area contributed by atoms with E-state index in [1.54, 1.807) is 19.2 Å². The van der Waals surface area contributed by atoms with E-state index in [-0.39, 0.29) is 6.04 Å². The molecule has 0 spiro atoms. The zero-order valence-corrected chi connectivity index (χ0v) is 18.5. The summed E-state index contributed by atoms with van der Waals surface area (Å²) in [7, 11) is 4.51. The molecule has 0 saturated carbocycles. The molecular formula is C21H30N6O4. The molecule has 31 heavy (non-hydrogen) atoms. The summed E-state index contributed by atoms with van der Waals surface area (Å²) in [4.78, 5) is 21.2. The molecule has 168 valence electrons. The lowest BCUT2D eigenvalue weighted by molar-refractivity contribution is 0.0597. The number of aliphatic imine (C=N–C) groups is 1. The second-order valence-corrected chi connectivity index (χ2v) is 7.16. The van der Waals surface area contributed by atoms with Gasteiger partial charge in [0.15, 0.2) is 11.8 Å². The van der Waals surface area contributed by atoms with Crippen molar-refractivity contribution in [1.29, 1.82) is 0 Å². The second kappa shape index (κ2) is 10.8. The minimum absolute atomic E-state index is 0.184. The lowest BCUT2D eigenvalue weighted by Gasteiger charge is -2.25. The highest BCUT2D eigenvalue weighted by atomic mass is 16.5. The van der Waals surface area contributed by atoms with Crippen molar-refractivity contribution in [1.82, 2.24) is 25.4 Å². The van der Waals surface area contributed by atoms with Crippen LogP contribution in [0.15, 0.2) is 23.2 Å². The van der Waals surface area contributed by atoms with E-state index in [1.165, 1.54) is 14.2 Å². The number of carbonyl (C=O) groups is 1.